The average Bonchev–Trinajstić information content (AvgIpc) is 3.53. The fourth-order valence-corrected chi connectivity index (χ4v) is 6.30. The normalized spacial score (nSPS) is 12.7. The van der Waals surface area contributed by atoms with E-state index in [9.17, 15) is 9.90 Å². The maximum atomic E-state index is 12.6. The number of aliphatic carboxylic acids is 1. The van der Waals surface area contributed by atoms with Crippen LogP contribution in [0.2, 0.25) is 5.02 Å². The molecule has 4 aromatic heterocycles. The second kappa shape index (κ2) is 10.6. The number of aromatic nitrogens is 5. The number of carboxylic acids is 1. The Labute approximate surface area is 251 Å². The highest BCUT2D eigenvalue weighted by Crippen LogP contribution is 2.44. The molecule has 0 radical (unpaired) electrons. The van der Waals surface area contributed by atoms with Crippen molar-refractivity contribution in [3.8, 4) is 33.1 Å². The Balaban J connectivity index is 1.53. The molecule has 212 valence electrons. The first-order valence-electron chi connectivity index (χ1n) is 13.3. The first kappa shape index (κ1) is 28.0. The molecule has 0 aliphatic rings. The molecule has 0 aliphatic carbocycles. The van der Waals surface area contributed by atoms with Gasteiger partial charge in [-0.1, -0.05) is 23.7 Å². The second-order valence-electron chi connectivity index (χ2n) is 11.2. The lowest BCUT2D eigenvalue weighted by atomic mass is 9.91. The van der Waals surface area contributed by atoms with E-state index < -0.39 is 17.7 Å². The summed E-state index contributed by atoms with van der Waals surface area (Å²) >= 11 is 7.73. The van der Waals surface area contributed by atoms with Crippen LogP contribution in [0, 0.1) is 6.92 Å². The summed E-state index contributed by atoms with van der Waals surface area (Å²) in [6.45, 7) is 7.46. The van der Waals surface area contributed by atoms with E-state index >= 15 is 0 Å². The summed E-state index contributed by atoms with van der Waals surface area (Å²) in [5.74, 6) is -1.05. The SMILES string of the molecule is Cc1cc2nc(-c3ccnc(-c4cc5cn(C)nc5cn4)c3)sc2c(-c2ccc(Cl)cc2)c1C(OC(C)(C)C)C(=O)O. The number of aryl methyl sites for hydroxylation is 2. The van der Waals surface area contributed by atoms with E-state index in [1.165, 1.54) is 11.3 Å². The van der Waals surface area contributed by atoms with Gasteiger partial charge in [0, 0.05) is 46.5 Å². The van der Waals surface area contributed by atoms with Gasteiger partial charge in [0.25, 0.3) is 0 Å². The third-order valence-corrected chi connectivity index (χ3v) is 8.18. The minimum absolute atomic E-state index is 0.595. The van der Waals surface area contributed by atoms with Gasteiger partial charge in [0.2, 0.25) is 0 Å². The van der Waals surface area contributed by atoms with Gasteiger partial charge in [-0.15, -0.1) is 11.3 Å². The monoisotopic (exact) mass is 597 g/mol. The summed E-state index contributed by atoms with van der Waals surface area (Å²) < 4.78 is 8.75. The minimum atomic E-state index is -1.17. The summed E-state index contributed by atoms with van der Waals surface area (Å²) in [6.07, 6.45) is 4.27. The zero-order valence-electron chi connectivity index (χ0n) is 23.7. The summed E-state index contributed by atoms with van der Waals surface area (Å²) in [7, 11) is 1.88. The predicted molar refractivity (Wildman–Crippen MR) is 167 cm³/mol. The largest absolute Gasteiger partial charge is 0.479 e. The molecule has 2 aromatic carbocycles. The van der Waals surface area contributed by atoms with Crippen LogP contribution in [0.15, 0.2) is 67.1 Å². The molecule has 0 saturated heterocycles. The number of thiazole rings is 1. The van der Waals surface area contributed by atoms with E-state index in [2.05, 4.69) is 15.1 Å². The molecule has 6 aromatic rings. The number of rotatable bonds is 6. The standard InChI is InChI=1S/C32H28ClN5O3S/c1-17-12-24-29(27(18-6-8-21(33)9-7-18)26(17)28(31(39)40)41-32(2,3)4)42-30(36-24)19-10-11-34-22(13-19)23-14-20-16-38(5)37-25(20)15-35-23/h6-16,28H,1-5H3,(H,39,40). The molecule has 6 rings (SSSR count). The number of halogens is 1. The van der Waals surface area contributed by atoms with Crippen molar-refractivity contribution >= 4 is 50.0 Å². The van der Waals surface area contributed by atoms with Crippen LogP contribution in [-0.2, 0) is 16.6 Å². The summed E-state index contributed by atoms with van der Waals surface area (Å²) in [6, 6.07) is 15.2. The molecule has 10 heteroatoms. The van der Waals surface area contributed by atoms with E-state index in [1.54, 1.807) is 29.2 Å². The number of carboxylic acid groups (broad SMARTS) is 1. The van der Waals surface area contributed by atoms with Gasteiger partial charge in [0.15, 0.2) is 6.10 Å². The Kier molecular flexibility index (Phi) is 7.04. The lowest BCUT2D eigenvalue weighted by molar-refractivity contribution is -0.160. The fraction of sp³-hybridized carbons (Fsp3) is 0.219. The number of hydrogen-bond acceptors (Lipinski definition) is 7. The van der Waals surface area contributed by atoms with Gasteiger partial charge in [0.05, 0.1) is 33.4 Å². The minimum Gasteiger partial charge on any atom is -0.479 e. The molecule has 0 bridgehead atoms. The topological polar surface area (TPSA) is 103 Å². The Morgan fingerprint density at radius 2 is 1.76 bits per heavy atom. The third-order valence-electron chi connectivity index (χ3n) is 6.79. The van der Waals surface area contributed by atoms with Gasteiger partial charge >= 0.3 is 5.97 Å². The molecular formula is C32H28ClN5O3S. The molecule has 1 atom stereocenters. The highest BCUT2D eigenvalue weighted by molar-refractivity contribution is 7.22. The smallest absolute Gasteiger partial charge is 0.337 e. The molecular weight excluding hydrogens is 570 g/mol. The van der Waals surface area contributed by atoms with Gasteiger partial charge in [-0.3, -0.25) is 14.6 Å². The summed E-state index contributed by atoms with van der Waals surface area (Å²) in [5.41, 5.74) is 6.26. The van der Waals surface area contributed by atoms with Crippen molar-refractivity contribution in [1.29, 1.82) is 0 Å². The van der Waals surface area contributed by atoms with Crippen molar-refractivity contribution in [2.75, 3.05) is 0 Å². The number of hydrogen-bond donors (Lipinski definition) is 1. The number of nitrogens with zero attached hydrogens (tertiary/aromatic N) is 5. The molecule has 1 unspecified atom stereocenters. The van der Waals surface area contributed by atoms with E-state index in [0.29, 0.717) is 10.6 Å². The number of benzene rings is 2. The maximum absolute atomic E-state index is 12.6. The van der Waals surface area contributed by atoms with Crippen LogP contribution < -0.4 is 0 Å². The van der Waals surface area contributed by atoms with Gasteiger partial charge in [-0.05, 0) is 75.2 Å². The van der Waals surface area contributed by atoms with Gasteiger partial charge in [-0.25, -0.2) is 9.78 Å². The summed E-state index contributed by atoms with van der Waals surface area (Å²) in [5, 5.41) is 17.1. The second-order valence-corrected chi connectivity index (χ2v) is 12.6. The quantitative estimate of drug-likeness (QED) is 0.208. The molecule has 0 aliphatic heterocycles. The van der Waals surface area contributed by atoms with Crippen molar-refractivity contribution < 1.29 is 14.6 Å². The molecule has 1 N–H and O–H groups in total. The molecule has 42 heavy (non-hydrogen) atoms. The maximum Gasteiger partial charge on any atom is 0.337 e. The number of fused-ring (bicyclic) bond motifs is 2. The Morgan fingerprint density at radius 1 is 1.02 bits per heavy atom. The number of ether oxygens (including phenoxy) is 1. The zero-order valence-corrected chi connectivity index (χ0v) is 25.3. The first-order chi connectivity index (χ1) is 20.0. The molecule has 0 fully saturated rings. The van der Waals surface area contributed by atoms with Crippen LogP contribution in [0.1, 0.15) is 38.0 Å². The fourth-order valence-electron chi connectivity index (χ4n) is 5.06. The van der Waals surface area contributed by atoms with Crippen molar-refractivity contribution in [2.45, 2.75) is 39.4 Å². The Bertz CT molecular complexity index is 1980. The van der Waals surface area contributed by atoms with Gasteiger partial charge in [0.1, 0.15) is 10.5 Å². The highest BCUT2D eigenvalue weighted by atomic mass is 35.5. The third kappa shape index (κ3) is 5.38. The Hall–Kier alpha value is -4.18. The van der Waals surface area contributed by atoms with Crippen LogP contribution in [0.25, 0.3) is 54.2 Å². The van der Waals surface area contributed by atoms with E-state index in [-0.39, 0.29) is 0 Å². The first-order valence-corrected chi connectivity index (χ1v) is 14.5. The van der Waals surface area contributed by atoms with E-state index in [4.69, 9.17) is 21.3 Å². The molecule has 8 nitrogen and oxygen atoms in total. The summed E-state index contributed by atoms with van der Waals surface area (Å²) in [4.78, 5) is 26.8. The predicted octanol–water partition coefficient (Wildman–Crippen LogP) is 7.88. The van der Waals surface area contributed by atoms with Gasteiger partial charge in [-0.2, -0.15) is 5.10 Å². The van der Waals surface area contributed by atoms with Crippen LogP contribution in [-0.4, -0.2) is 41.4 Å². The molecule has 0 spiro atoms. The van der Waals surface area contributed by atoms with Crippen LogP contribution >= 0.6 is 22.9 Å². The van der Waals surface area contributed by atoms with Crippen molar-refractivity contribution in [3.05, 3.63) is 83.3 Å². The van der Waals surface area contributed by atoms with Crippen molar-refractivity contribution in [1.82, 2.24) is 24.7 Å². The molecule has 0 saturated carbocycles. The number of pyridine rings is 2. The average molecular weight is 598 g/mol. The van der Waals surface area contributed by atoms with E-state index in [0.717, 1.165) is 59.8 Å². The molecule has 4 heterocycles. The van der Waals surface area contributed by atoms with Gasteiger partial charge < -0.3 is 9.84 Å². The molecule has 0 amide bonds. The van der Waals surface area contributed by atoms with Crippen molar-refractivity contribution in [2.24, 2.45) is 7.05 Å². The highest BCUT2D eigenvalue weighted by Gasteiger charge is 2.32. The van der Waals surface area contributed by atoms with Crippen LogP contribution in [0.4, 0.5) is 0 Å². The Morgan fingerprint density at radius 3 is 2.48 bits per heavy atom. The van der Waals surface area contributed by atoms with Crippen LogP contribution in [0.5, 0.6) is 0 Å². The lowest BCUT2D eigenvalue weighted by Crippen LogP contribution is -2.28. The van der Waals surface area contributed by atoms with Crippen LogP contribution in [0.3, 0.4) is 0 Å². The lowest BCUT2D eigenvalue weighted by Gasteiger charge is -2.28. The van der Waals surface area contributed by atoms with Crippen molar-refractivity contribution in [3.63, 3.8) is 0 Å². The zero-order chi connectivity index (χ0) is 29.8. The van der Waals surface area contributed by atoms with E-state index in [1.807, 2.05) is 77.3 Å². The number of carbonyl (C=O) groups is 1.